The van der Waals surface area contributed by atoms with Crippen molar-refractivity contribution in [3.8, 4) is 45.4 Å². The second-order valence-electron chi connectivity index (χ2n) is 7.66. The number of benzene rings is 3. The summed E-state index contributed by atoms with van der Waals surface area (Å²) in [5, 5.41) is 0. The van der Waals surface area contributed by atoms with E-state index in [9.17, 15) is 4.39 Å². The molecule has 0 spiro atoms. The van der Waals surface area contributed by atoms with Crippen LogP contribution in [0.4, 0.5) is 4.39 Å². The number of hydrogen-bond acceptors (Lipinski definition) is 3. The molecule has 148 valence electrons. The first kappa shape index (κ1) is 17.3. The largest absolute Gasteiger partial charge is 0.493 e. The molecule has 4 nitrogen and oxygen atoms in total. The van der Waals surface area contributed by atoms with Crippen molar-refractivity contribution in [2.75, 3.05) is 13.2 Å². The Morgan fingerprint density at radius 1 is 0.733 bits per heavy atom. The molecular weight excluding hydrogens is 379 g/mol. The lowest BCUT2D eigenvalue weighted by atomic mass is 10.0. The van der Waals surface area contributed by atoms with E-state index < -0.39 is 0 Å². The van der Waals surface area contributed by atoms with Crippen LogP contribution in [-0.2, 0) is 12.8 Å². The SMILES string of the molecule is Fc1ccc(-c2nc(-c3ccc4c(c3)CCO4)c(-c3ccc4c(c3)CCO4)[nH]2)cc1. The van der Waals surface area contributed by atoms with E-state index in [1.165, 1.54) is 23.3 Å². The van der Waals surface area contributed by atoms with E-state index in [1.54, 1.807) is 12.1 Å². The average Bonchev–Trinajstić information content (AvgIpc) is 3.51. The van der Waals surface area contributed by atoms with E-state index in [1.807, 2.05) is 12.1 Å². The monoisotopic (exact) mass is 398 g/mol. The number of halogens is 1. The number of imidazole rings is 1. The van der Waals surface area contributed by atoms with Gasteiger partial charge in [-0.25, -0.2) is 9.37 Å². The molecule has 4 aromatic rings. The molecule has 1 aromatic heterocycles. The number of nitrogens with zero attached hydrogens (tertiary/aromatic N) is 1. The van der Waals surface area contributed by atoms with Crippen molar-refractivity contribution in [1.29, 1.82) is 0 Å². The topological polar surface area (TPSA) is 47.1 Å². The van der Waals surface area contributed by atoms with Crippen molar-refractivity contribution in [3.63, 3.8) is 0 Å². The van der Waals surface area contributed by atoms with E-state index in [-0.39, 0.29) is 5.82 Å². The third-order valence-electron chi connectivity index (χ3n) is 5.76. The number of H-pyrrole nitrogens is 1. The fourth-order valence-corrected chi connectivity index (χ4v) is 4.21. The highest BCUT2D eigenvalue weighted by molar-refractivity contribution is 5.82. The van der Waals surface area contributed by atoms with Crippen molar-refractivity contribution < 1.29 is 13.9 Å². The normalized spacial score (nSPS) is 14.2. The summed E-state index contributed by atoms with van der Waals surface area (Å²) >= 11 is 0. The van der Waals surface area contributed by atoms with Crippen LogP contribution in [0, 0.1) is 5.82 Å². The van der Waals surface area contributed by atoms with Crippen LogP contribution in [0.1, 0.15) is 11.1 Å². The Labute approximate surface area is 173 Å². The lowest BCUT2D eigenvalue weighted by Gasteiger charge is -2.07. The molecule has 0 atom stereocenters. The van der Waals surface area contributed by atoms with Crippen molar-refractivity contribution in [2.45, 2.75) is 12.8 Å². The van der Waals surface area contributed by atoms with Crippen LogP contribution in [0.5, 0.6) is 11.5 Å². The standard InChI is InChI=1S/C25H19FN2O2/c26-20-5-1-15(2-6-20)25-27-23(18-3-7-21-16(13-18)9-11-29-21)24(28-25)19-4-8-22-17(14-19)10-12-30-22/h1-8,13-14H,9-12H2,(H,27,28). The highest BCUT2D eigenvalue weighted by atomic mass is 19.1. The molecule has 0 amide bonds. The molecule has 5 heteroatoms. The second-order valence-corrected chi connectivity index (χ2v) is 7.66. The summed E-state index contributed by atoms with van der Waals surface area (Å²) in [7, 11) is 0. The number of ether oxygens (including phenoxy) is 2. The van der Waals surface area contributed by atoms with Crippen LogP contribution in [-0.4, -0.2) is 23.2 Å². The van der Waals surface area contributed by atoms with Gasteiger partial charge >= 0.3 is 0 Å². The highest BCUT2D eigenvalue weighted by Gasteiger charge is 2.20. The van der Waals surface area contributed by atoms with Crippen LogP contribution in [0.3, 0.4) is 0 Å². The van der Waals surface area contributed by atoms with Gasteiger partial charge < -0.3 is 14.5 Å². The van der Waals surface area contributed by atoms with Crippen LogP contribution < -0.4 is 9.47 Å². The molecule has 0 saturated heterocycles. The predicted molar refractivity (Wildman–Crippen MR) is 113 cm³/mol. The summed E-state index contributed by atoms with van der Waals surface area (Å²) in [5.41, 5.74) is 7.18. The van der Waals surface area contributed by atoms with Crippen molar-refractivity contribution >= 4 is 0 Å². The molecule has 0 saturated carbocycles. The summed E-state index contributed by atoms with van der Waals surface area (Å²) in [4.78, 5) is 8.41. The number of hydrogen-bond donors (Lipinski definition) is 1. The zero-order valence-electron chi connectivity index (χ0n) is 16.2. The fraction of sp³-hybridized carbons (Fsp3) is 0.160. The molecule has 6 rings (SSSR count). The molecule has 1 N–H and O–H groups in total. The fourth-order valence-electron chi connectivity index (χ4n) is 4.21. The minimum absolute atomic E-state index is 0.261. The van der Waals surface area contributed by atoms with E-state index in [0.29, 0.717) is 5.82 Å². The molecule has 30 heavy (non-hydrogen) atoms. The molecular formula is C25H19FN2O2. The summed E-state index contributed by atoms with van der Waals surface area (Å²) in [6, 6.07) is 18.9. The minimum atomic E-state index is -0.261. The lowest BCUT2D eigenvalue weighted by molar-refractivity contribution is 0.356. The Morgan fingerprint density at radius 2 is 1.33 bits per heavy atom. The van der Waals surface area contributed by atoms with Gasteiger partial charge in [0.1, 0.15) is 23.1 Å². The summed E-state index contributed by atoms with van der Waals surface area (Å²) in [6.45, 7) is 1.44. The minimum Gasteiger partial charge on any atom is -0.493 e. The van der Waals surface area contributed by atoms with Gasteiger partial charge in [0.25, 0.3) is 0 Å². The van der Waals surface area contributed by atoms with Gasteiger partial charge in [-0.15, -0.1) is 0 Å². The van der Waals surface area contributed by atoms with Gasteiger partial charge in [-0.05, 0) is 71.8 Å². The zero-order chi connectivity index (χ0) is 20.1. The van der Waals surface area contributed by atoms with Crippen molar-refractivity contribution in [2.24, 2.45) is 0 Å². The smallest absolute Gasteiger partial charge is 0.138 e. The van der Waals surface area contributed by atoms with Gasteiger partial charge in [-0.1, -0.05) is 0 Å². The summed E-state index contributed by atoms with van der Waals surface area (Å²) in [5.74, 6) is 2.36. The summed E-state index contributed by atoms with van der Waals surface area (Å²) < 4.78 is 24.7. The van der Waals surface area contributed by atoms with Crippen LogP contribution in [0.25, 0.3) is 33.9 Å². The van der Waals surface area contributed by atoms with Crippen LogP contribution in [0.2, 0.25) is 0 Å². The number of nitrogens with one attached hydrogen (secondary N) is 1. The van der Waals surface area contributed by atoms with E-state index in [4.69, 9.17) is 14.5 Å². The number of aromatic amines is 1. The van der Waals surface area contributed by atoms with Gasteiger partial charge in [0, 0.05) is 29.5 Å². The zero-order valence-corrected chi connectivity index (χ0v) is 16.2. The molecule has 0 bridgehead atoms. The van der Waals surface area contributed by atoms with Gasteiger partial charge in [-0.3, -0.25) is 0 Å². The molecule has 0 radical (unpaired) electrons. The Balaban J connectivity index is 1.52. The first-order chi connectivity index (χ1) is 14.7. The molecule has 0 fully saturated rings. The van der Waals surface area contributed by atoms with Gasteiger partial charge in [0.15, 0.2) is 0 Å². The average molecular weight is 398 g/mol. The Hall–Kier alpha value is -3.60. The Kier molecular flexibility index (Phi) is 3.88. The van der Waals surface area contributed by atoms with Gasteiger partial charge in [0.2, 0.25) is 0 Å². The van der Waals surface area contributed by atoms with Gasteiger partial charge in [0.05, 0.1) is 24.6 Å². The number of rotatable bonds is 3. The molecule has 0 unspecified atom stereocenters. The first-order valence-corrected chi connectivity index (χ1v) is 10.1. The Morgan fingerprint density at radius 3 is 2.03 bits per heavy atom. The molecule has 3 heterocycles. The van der Waals surface area contributed by atoms with Crippen LogP contribution in [0.15, 0.2) is 60.7 Å². The highest BCUT2D eigenvalue weighted by Crippen LogP contribution is 2.38. The van der Waals surface area contributed by atoms with Crippen molar-refractivity contribution in [3.05, 3.63) is 77.6 Å². The molecule has 3 aromatic carbocycles. The van der Waals surface area contributed by atoms with Crippen molar-refractivity contribution in [1.82, 2.24) is 9.97 Å². The van der Waals surface area contributed by atoms with Gasteiger partial charge in [-0.2, -0.15) is 0 Å². The predicted octanol–water partition coefficient (Wildman–Crippen LogP) is 5.42. The summed E-state index contributed by atoms with van der Waals surface area (Å²) in [6.07, 6.45) is 1.82. The molecule has 0 aliphatic carbocycles. The molecule has 2 aliphatic rings. The third kappa shape index (κ3) is 2.86. The van der Waals surface area contributed by atoms with E-state index in [2.05, 4.69) is 29.2 Å². The third-order valence-corrected chi connectivity index (χ3v) is 5.76. The maximum atomic E-state index is 13.4. The number of aromatic nitrogens is 2. The van der Waals surface area contributed by atoms with E-state index >= 15 is 0 Å². The van der Waals surface area contributed by atoms with E-state index in [0.717, 1.165) is 65.6 Å². The maximum absolute atomic E-state index is 13.4. The number of fused-ring (bicyclic) bond motifs is 2. The maximum Gasteiger partial charge on any atom is 0.138 e. The second kappa shape index (κ2) is 6.73. The van der Waals surface area contributed by atoms with Crippen LogP contribution >= 0.6 is 0 Å². The first-order valence-electron chi connectivity index (χ1n) is 10.1. The Bertz CT molecular complexity index is 1190. The molecule has 2 aliphatic heterocycles. The lowest BCUT2D eigenvalue weighted by Crippen LogP contribution is -1.87. The quantitative estimate of drug-likeness (QED) is 0.501.